The third kappa shape index (κ3) is 3.03. The molecule has 0 bridgehead atoms. The molecule has 100 valence electrons. The van der Waals surface area contributed by atoms with Crippen molar-refractivity contribution in [3.05, 3.63) is 40.3 Å². The molecule has 1 aromatic carbocycles. The first-order chi connectivity index (χ1) is 9.11. The van der Waals surface area contributed by atoms with Gasteiger partial charge in [0.1, 0.15) is 10.8 Å². The quantitative estimate of drug-likeness (QED) is 0.877. The number of hydrogen-bond acceptors (Lipinski definition) is 5. The largest absolute Gasteiger partial charge is 0.495 e. The molecular formula is C13H15N3O2S. The van der Waals surface area contributed by atoms with Crippen LogP contribution in [0.2, 0.25) is 0 Å². The van der Waals surface area contributed by atoms with E-state index >= 15 is 0 Å². The van der Waals surface area contributed by atoms with Crippen molar-refractivity contribution < 1.29 is 9.53 Å². The second kappa shape index (κ2) is 5.71. The molecule has 6 heteroatoms. The Morgan fingerprint density at radius 3 is 2.79 bits per heavy atom. The van der Waals surface area contributed by atoms with Gasteiger partial charge < -0.3 is 15.8 Å². The molecule has 0 fully saturated rings. The number of ether oxygens (including phenoxy) is 1. The van der Waals surface area contributed by atoms with E-state index in [1.807, 2.05) is 36.6 Å². The average molecular weight is 277 g/mol. The van der Waals surface area contributed by atoms with Crippen LogP contribution < -0.4 is 15.8 Å². The number of carbonyl (C=O) groups is 1. The summed E-state index contributed by atoms with van der Waals surface area (Å²) in [6.07, 6.45) is 0. The molecule has 3 N–H and O–H groups in total. The van der Waals surface area contributed by atoms with E-state index in [2.05, 4.69) is 10.3 Å². The molecule has 2 rings (SSSR count). The van der Waals surface area contributed by atoms with Crippen LogP contribution in [0.25, 0.3) is 0 Å². The van der Waals surface area contributed by atoms with E-state index in [1.165, 1.54) is 11.3 Å². The zero-order chi connectivity index (χ0) is 13.8. The maximum atomic E-state index is 11.6. The predicted octanol–water partition coefficient (Wildman–Crippen LogP) is 2.10. The summed E-state index contributed by atoms with van der Waals surface area (Å²) in [4.78, 5) is 15.9. The topological polar surface area (TPSA) is 77.2 Å². The lowest BCUT2D eigenvalue weighted by atomic mass is 10.2. The van der Waals surface area contributed by atoms with E-state index in [0.717, 1.165) is 5.69 Å². The molecule has 1 atom stereocenters. The molecule has 0 radical (unpaired) electrons. The van der Waals surface area contributed by atoms with Crippen molar-refractivity contribution in [2.75, 3.05) is 12.4 Å². The van der Waals surface area contributed by atoms with E-state index in [9.17, 15) is 4.79 Å². The Morgan fingerprint density at radius 2 is 2.21 bits per heavy atom. The van der Waals surface area contributed by atoms with Gasteiger partial charge in [-0.1, -0.05) is 12.1 Å². The number of amides is 1. The lowest BCUT2D eigenvalue weighted by molar-refractivity contribution is -0.118. The monoisotopic (exact) mass is 277 g/mol. The number of methoxy groups -OCH3 is 1. The van der Waals surface area contributed by atoms with Crippen LogP contribution in [0.5, 0.6) is 5.75 Å². The molecule has 19 heavy (non-hydrogen) atoms. The summed E-state index contributed by atoms with van der Waals surface area (Å²) in [6, 6.07) is 6.70. The average Bonchev–Trinajstić information content (AvgIpc) is 2.82. The fourth-order valence-corrected chi connectivity index (χ4v) is 2.53. The number of benzene rings is 1. The number of carbonyl (C=O) groups excluding carboxylic acids is 1. The highest BCUT2D eigenvalue weighted by molar-refractivity contribution is 7.09. The number of nitrogens with one attached hydrogen (secondary N) is 1. The molecular weight excluding hydrogens is 262 g/mol. The smallest absolute Gasteiger partial charge is 0.247 e. The van der Waals surface area contributed by atoms with Gasteiger partial charge in [-0.3, -0.25) is 4.79 Å². The highest BCUT2D eigenvalue weighted by Crippen LogP contribution is 2.28. The number of primary amides is 1. The van der Waals surface area contributed by atoms with E-state index in [-0.39, 0.29) is 0 Å². The molecule has 1 unspecified atom stereocenters. The Bertz CT molecular complexity index is 583. The molecule has 1 aromatic heterocycles. The van der Waals surface area contributed by atoms with Crippen molar-refractivity contribution in [2.45, 2.75) is 13.0 Å². The van der Waals surface area contributed by atoms with Crippen LogP contribution in [0, 0.1) is 6.92 Å². The van der Waals surface area contributed by atoms with Crippen molar-refractivity contribution in [1.82, 2.24) is 4.98 Å². The van der Waals surface area contributed by atoms with E-state index in [4.69, 9.17) is 10.5 Å². The predicted molar refractivity (Wildman–Crippen MR) is 75.4 cm³/mol. The van der Waals surface area contributed by atoms with Gasteiger partial charge in [-0.05, 0) is 19.1 Å². The summed E-state index contributed by atoms with van der Waals surface area (Å²) < 4.78 is 5.24. The van der Waals surface area contributed by atoms with Gasteiger partial charge in [-0.25, -0.2) is 4.98 Å². The Labute approximate surface area is 115 Å². The van der Waals surface area contributed by atoms with Crippen LogP contribution in [0.4, 0.5) is 5.69 Å². The highest BCUT2D eigenvalue weighted by atomic mass is 32.1. The molecule has 0 saturated heterocycles. The minimum absolute atomic E-state index is 0.472. The van der Waals surface area contributed by atoms with E-state index in [0.29, 0.717) is 16.4 Å². The maximum Gasteiger partial charge on any atom is 0.247 e. The van der Waals surface area contributed by atoms with Crippen molar-refractivity contribution in [3.8, 4) is 5.75 Å². The Balaban J connectivity index is 2.29. The molecule has 0 aliphatic rings. The lowest BCUT2D eigenvalue weighted by Gasteiger charge is -2.16. The van der Waals surface area contributed by atoms with Crippen LogP contribution in [0.1, 0.15) is 16.7 Å². The van der Waals surface area contributed by atoms with Gasteiger partial charge >= 0.3 is 0 Å². The third-order valence-corrected chi connectivity index (χ3v) is 3.60. The maximum absolute atomic E-state index is 11.6. The molecule has 0 aliphatic carbocycles. The van der Waals surface area contributed by atoms with Crippen LogP contribution in [-0.2, 0) is 4.79 Å². The minimum Gasteiger partial charge on any atom is -0.495 e. The minimum atomic E-state index is -0.657. The highest BCUT2D eigenvalue weighted by Gasteiger charge is 2.22. The van der Waals surface area contributed by atoms with Gasteiger partial charge in [-0.15, -0.1) is 11.3 Å². The summed E-state index contributed by atoms with van der Waals surface area (Å²) in [5.74, 6) is 0.183. The normalized spacial score (nSPS) is 11.9. The number of hydrogen-bond donors (Lipinski definition) is 2. The summed E-state index contributed by atoms with van der Waals surface area (Å²) in [7, 11) is 1.58. The molecule has 0 aliphatic heterocycles. The van der Waals surface area contributed by atoms with Crippen LogP contribution >= 0.6 is 11.3 Å². The number of para-hydroxylation sites is 2. The van der Waals surface area contributed by atoms with Gasteiger partial charge in [0.15, 0.2) is 6.04 Å². The van der Waals surface area contributed by atoms with Crippen molar-refractivity contribution in [1.29, 1.82) is 0 Å². The number of aryl methyl sites for hydroxylation is 1. The number of nitrogens with zero attached hydrogens (tertiary/aromatic N) is 1. The number of aromatic nitrogens is 1. The standard InChI is InChI=1S/C13H15N3O2S/c1-8-7-19-13(15-8)11(12(14)17)16-9-5-3-4-6-10(9)18-2/h3-7,11,16H,1-2H3,(H2,14,17). The first-order valence-electron chi connectivity index (χ1n) is 5.72. The Hall–Kier alpha value is -2.08. The van der Waals surface area contributed by atoms with Crippen LogP contribution in [-0.4, -0.2) is 18.0 Å². The second-order valence-electron chi connectivity index (χ2n) is 4.01. The first-order valence-corrected chi connectivity index (χ1v) is 6.60. The molecule has 1 heterocycles. The van der Waals surface area contributed by atoms with Crippen molar-refractivity contribution >= 4 is 22.9 Å². The van der Waals surface area contributed by atoms with Gasteiger partial charge in [0.2, 0.25) is 5.91 Å². The van der Waals surface area contributed by atoms with Crippen LogP contribution in [0.3, 0.4) is 0 Å². The number of rotatable bonds is 5. The SMILES string of the molecule is COc1ccccc1NC(C(N)=O)c1nc(C)cs1. The van der Waals surface area contributed by atoms with Crippen molar-refractivity contribution in [2.24, 2.45) is 5.73 Å². The number of nitrogens with two attached hydrogens (primary N) is 1. The van der Waals surface area contributed by atoms with Gasteiger partial charge in [-0.2, -0.15) is 0 Å². The fourth-order valence-electron chi connectivity index (χ4n) is 1.68. The number of thiazole rings is 1. The Morgan fingerprint density at radius 1 is 1.47 bits per heavy atom. The molecule has 0 spiro atoms. The summed E-state index contributed by atoms with van der Waals surface area (Å²) in [6.45, 7) is 1.88. The van der Waals surface area contributed by atoms with E-state index in [1.54, 1.807) is 7.11 Å². The van der Waals surface area contributed by atoms with Crippen LogP contribution in [0.15, 0.2) is 29.6 Å². The molecule has 1 amide bonds. The third-order valence-electron chi connectivity index (χ3n) is 2.58. The molecule has 5 nitrogen and oxygen atoms in total. The van der Waals surface area contributed by atoms with Gasteiger partial charge in [0, 0.05) is 11.1 Å². The number of anilines is 1. The van der Waals surface area contributed by atoms with E-state index < -0.39 is 11.9 Å². The zero-order valence-corrected chi connectivity index (χ0v) is 11.5. The van der Waals surface area contributed by atoms with Gasteiger partial charge in [0.05, 0.1) is 12.8 Å². The summed E-state index contributed by atoms with van der Waals surface area (Å²) in [5, 5.41) is 5.61. The zero-order valence-electron chi connectivity index (χ0n) is 10.7. The first kappa shape index (κ1) is 13.4. The Kier molecular flexibility index (Phi) is 4.01. The van der Waals surface area contributed by atoms with Gasteiger partial charge in [0.25, 0.3) is 0 Å². The second-order valence-corrected chi connectivity index (χ2v) is 4.90. The molecule has 0 saturated carbocycles. The summed E-state index contributed by atoms with van der Waals surface area (Å²) in [5.41, 5.74) is 7.02. The fraction of sp³-hybridized carbons (Fsp3) is 0.231. The lowest BCUT2D eigenvalue weighted by Crippen LogP contribution is -2.27. The molecule has 2 aromatic rings. The van der Waals surface area contributed by atoms with Crippen molar-refractivity contribution in [3.63, 3.8) is 0 Å². The summed E-state index contributed by atoms with van der Waals surface area (Å²) >= 11 is 1.40.